The zero-order chi connectivity index (χ0) is 17.6. The predicted octanol–water partition coefficient (Wildman–Crippen LogP) is 2.26. The van der Waals surface area contributed by atoms with Gasteiger partial charge in [-0.05, 0) is 37.4 Å². The number of aromatic nitrogens is 3. The molecule has 3 aromatic rings. The molecule has 1 aromatic heterocycles. The van der Waals surface area contributed by atoms with Gasteiger partial charge in [0.15, 0.2) is 5.69 Å². The van der Waals surface area contributed by atoms with Crippen LogP contribution in [-0.2, 0) is 13.1 Å². The van der Waals surface area contributed by atoms with E-state index < -0.39 is 0 Å². The molecule has 0 radical (unpaired) electrons. The molecule has 0 bridgehead atoms. The number of para-hydroxylation sites is 1. The van der Waals surface area contributed by atoms with Gasteiger partial charge in [-0.25, -0.2) is 4.68 Å². The summed E-state index contributed by atoms with van der Waals surface area (Å²) in [5, 5.41) is 10.8. The minimum Gasteiger partial charge on any atom is -0.347 e. The number of nitrogens with one attached hydrogen (secondary N) is 1. The van der Waals surface area contributed by atoms with Gasteiger partial charge in [0, 0.05) is 13.1 Å². The van der Waals surface area contributed by atoms with Crippen molar-refractivity contribution in [1.29, 1.82) is 0 Å². The summed E-state index contributed by atoms with van der Waals surface area (Å²) in [5.41, 5.74) is 3.45. The molecule has 25 heavy (non-hydrogen) atoms. The molecule has 128 valence electrons. The highest BCUT2D eigenvalue weighted by Crippen LogP contribution is 2.08. The Bertz CT molecular complexity index is 825. The van der Waals surface area contributed by atoms with Gasteiger partial charge >= 0.3 is 0 Å². The summed E-state index contributed by atoms with van der Waals surface area (Å²) in [6.45, 7) is 1.36. The minimum absolute atomic E-state index is 0.237. The van der Waals surface area contributed by atoms with Crippen LogP contribution in [0.15, 0.2) is 60.8 Å². The smallest absolute Gasteiger partial charge is 0.273 e. The highest BCUT2D eigenvalue weighted by atomic mass is 16.2. The summed E-state index contributed by atoms with van der Waals surface area (Å²) in [6, 6.07) is 17.8. The average molecular weight is 335 g/mol. The van der Waals surface area contributed by atoms with Gasteiger partial charge in [-0.3, -0.25) is 4.79 Å². The Kier molecular flexibility index (Phi) is 5.20. The molecule has 0 saturated carbocycles. The maximum absolute atomic E-state index is 12.2. The van der Waals surface area contributed by atoms with Gasteiger partial charge < -0.3 is 10.2 Å². The fourth-order valence-corrected chi connectivity index (χ4v) is 2.48. The third-order valence-corrected chi connectivity index (χ3v) is 3.72. The largest absolute Gasteiger partial charge is 0.347 e. The molecule has 0 aliphatic carbocycles. The molecule has 1 heterocycles. The van der Waals surface area contributed by atoms with Crippen LogP contribution in [0.5, 0.6) is 0 Å². The first-order valence-electron chi connectivity index (χ1n) is 8.10. The van der Waals surface area contributed by atoms with E-state index >= 15 is 0 Å². The Balaban J connectivity index is 1.59. The van der Waals surface area contributed by atoms with Crippen molar-refractivity contribution in [3.8, 4) is 5.69 Å². The quantitative estimate of drug-likeness (QED) is 0.750. The summed E-state index contributed by atoms with van der Waals surface area (Å²) < 4.78 is 1.59. The van der Waals surface area contributed by atoms with E-state index in [2.05, 4.69) is 32.7 Å². The van der Waals surface area contributed by atoms with Gasteiger partial charge in [0.2, 0.25) is 0 Å². The number of hydrogen-bond donors (Lipinski definition) is 1. The summed E-state index contributed by atoms with van der Waals surface area (Å²) >= 11 is 0. The zero-order valence-corrected chi connectivity index (χ0v) is 14.4. The van der Waals surface area contributed by atoms with Crippen molar-refractivity contribution in [3.63, 3.8) is 0 Å². The van der Waals surface area contributed by atoms with Crippen LogP contribution in [0.1, 0.15) is 21.6 Å². The maximum atomic E-state index is 12.2. The summed E-state index contributed by atoms with van der Waals surface area (Å²) in [4.78, 5) is 14.4. The van der Waals surface area contributed by atoms with Crippen LogP contribution < -0.4 is 5.32 Å². The van der Waals surface area contributed by atoms with E-state index in [4.69, 9.17) is 0 Å². The Morgan fingerprint density at radius 1 is 1.04 bits per heavy atom. The molecule has 3 rings (SSSR count). The highest BCUT2D eigenvalue weighted by Gasteiger charge is 2.11. The van der Waals surface area contributed by atoms with Crippen LogP contribution in [0, 0.1) is 0 Å². The molecule has 1 N–H and O–H groups in total. The monoisotopic (exact) mass is 335 g/mol. The fourth-order valence-electron chi connectivity index (χ4n) is 2.48. The van der Waals surface area contributed by atoms with Gasteiger partial charge in [-0.15, -0.1) is 5.10 Å². The third kappa shape index (κ3) is 4.51. The van der Waals surface area contributed by atoms with Gasteiger partial charge in [0.25, 0.3) is 5.91 Å². The number of carbonyl (C=O) groups excluding carboxylic acids is 1. The van der Waals surface area contributed by atoms with Crippen LogP contribution >= 0.6 is 0 Å². The van der Waals surface area contributed by atoms with E-state index in [0.29, 0.717) is 12.2 Å². The molecule has 0 spiro atoms. The van der Waals surface area contributed by atoms with Crippen LogP contribution in [0.25, 0.3) is 5.69 Å². The molecular formula is C19H21N5O. The van der Waals surface area contributed by atoms with Crippen molar-refractivity contribution >= 4 is 5.91 Å². The normalized spacial score (nSPS) is 10.8. The molecular weight excluding hydrogens is 314 g/mol. The lowest BCUT2D eigenvalue weighted by Crippen LogP contribution is -2.23. The molecule has 0 atom stereocenters. The SMILES string of the molecule is CN(C)Cc1ccc(CNC(=O)c2cn(-c3ccccc3)nn2)cc1. The first-order chi connectivity index (χ1) is 12.1. The molecule has 0 fully saturated rings. The molecule has 0 saturated heterocycles. The van der Waals surface area contributed by atoms with Crippen molar-refractivity contribution in [2.75, 3.05) is 14.1 Å². The van der Waals surface area contributed by atoms with E-state index in [9.17, 15) is 4.79 Å². The third-order valence-electron chi connectivity index (χ3n) is 3.72. The molecule has 2 aromatic carbocycles. The Morgan fingerprint density at radius 3 is 2.40 bits per heavy atom. The lowest BCUT2D eigenvalue weighted by Gasteiger charge is -2.10. The molecule has 6 heteroatoms. The first-order valence-corrected chi connectivity index (χ1v) is 8.10. The number of carbonyl (C=O) groups is 1. The summed E-state index contributed by atoms with van der Waals surface area (Å²) in [5.74, 6) is -0.237. The van der Waals surface area contributed by atoms with Crippen molar-refractivity contribution in [2.24, 2.45) is 0 Å². The topological polar surface area (TPSA) is 63.1 Å². The summed E-state index contributed by atoms with van der Waals surface area (Å²) in [7, 11) is 4.08. The number of rotatable bonds is 6. The van der Waals surface area contributed by atoms with Crippen molar-refractivity contribution in [1.82, 2.24) is 25.2 Å². The highest BCUT2D eigenvalue weighted by molar-refractivity contribution is 5.91. The maximum Gasteiger partial charge on any atom is 0.273 e. The van der Waals surface area contributed by atoms with Crippen LogP contribution in [0.2, 0.25) is 0 Å². The van der Waals surface area contributed by atoms with Gasteiger partial charge in [0.1, 0.15) is 0 Å². The van der Waals surface area contributed by atoms with Crippen molar-refractivity contribution in [3.05, 3.63) is 77.6 Å². The second-order valence-electron chi connectivity index (χ2n) is 6.12. The standard InChI is InChI=1S/C19H21N5O/c1-23(2)13-16-10-8-15(9-11-16)12-20-19(25)18-14-24(22-21-18)17-6-4-3-5-7-17/h3-11,14H,12-13H2,1-2H3,(H,20,25). The van der Waals surface area contributed by atoms with Crippen molar-refractivity contribution < 1.29 is 4.79 Å². The number of amides is 1. The summed E-state index contributed by atoms with van der Waals surface area (Å²) in [6.07, 6.45) is 1.63. The number of nitrogens with zero attached hydrogens (tertiary/aromatic N) is 4. The number of hydrogen-bond acceptors (Lipinski definition) is 4. The van der Waals surface area contributed by atoms with E-state index in [1.807, 2.05) is 56.6 Å². The van der Waals surface area contributed by atoms with Crippen LogP contribution in [-0.4, -0.2) is 39.9 Å². The minimum atomic E-state index is -0.237. The van der Waals surface area contributed by atoms with E-state index in [1.165, 1.54) is 5.56 Å². The molecule has 1 amide bonds. The van der Waals surface area contributed by atoms with E-state index in [1.54, 1.807) is 10.9 Å². The fraction of sp³-hybridized carbons (Fsp3) is 0.211. The second-order valence-corrected chi connectivity index (χ2v) is 6.12. The molecule has 0 aliphatic rings. The Labute approximate surface area is 147 Å². The number of benzene rings is 2. The zero-order valence-electron chi connectivity index (χ0n) is 14.4. The van der Waals surface area contributed by atoms with Gasteiger partial charge in [-0.1, -0.05) is 47.7 Å². The molecule has 0 unspecified atom stereocenters. The van der Waals surface area contributed by atoms with E-state index in [0.717, 1.165) is 17.8 Å². The van der Waals surface area contributed by atoms with Gasteiger partial charge in [0.05, 0.1) is 11.9 Å². The first kappa shape index (κ1) is 16.9. The Hall–Kier alpha value is -2.99. The van der Waals surface area contributed by atoms with E-state index in [-0.39, 0.29) is 5.91 Å². The average Bonchev–Trinajstić information content (AvgIpc) is 3.11. The van der Waals surface area contributed by atoms with Crippen molar-refractivity contribution in [2.45, 2.75) is 13.1 Å². The van der Waals surface area contributed by atoms with Crippen LogP contribution in [0.4, 0.5) is 0 Å². The predicted molar refractivity (Wildman–Crippen MR) is 96.4 cm³/mol. The van der Waals surface area contributed by atoms with Gasteiger partial charge in [-0.2, -0.15) is 0 Å². The molecule has 6 nitrogen and oxygen atoms in total. The Morgan fingerprint density at radius 2 is 1.72 bits per heavy atom. The second kappa shape index (κ2) is 7.72. The lowest BCUT2D eigenvalue weighted by molar-refractivity contribution is 0.0946. The lowest BCUT2D eigenvalue weighted by atomic mass is 10.1. The van der Waals surface area contributed by atoms with Crippen LogP contribution in [0.3, 0.4) is 0 Å². The molecule has 0 aliphatic heterocycles.